The number of pyridine rings is 2. The molecule has 13 heteroatoms. The van der Waals surface area contributed by atoms with Crippen LogP contribution in [0.2, 0.25) is 0 Å². The SMILES string of the molecule is COc1cnc(C(F)F)cc1-c1cc(N2CCCN(C)CC2(C)O)ncc1C(=O)NC(N)SC(=N)C#CC1CC1. The first kappa shape index (κ1) is 29.7. The Hall–Kier alpha value is -3.31. The van der Waals surface area contributed by atoms with Gasteiger partial charge in [0.25, 0.3) is 12.3 Å². The summed E-state index contributed by atoms with van der Waals surface area (Å²) in [7, 11) is 3.29. The molecule has 5 N–H and O–H groups in total. The number of thioether (sulfide) groups is 1. The van der Waals surface area contributed by atoms with E-state index in [1.54, 1.807) is 17.9 Å². The summed E-state index contributed by atoms with van der Waals surface area (Å²) in [5.74, 6) is 5.94. The molecule has 2 unspecified atom stereocenters. The molecule has 40 heavy (non-hydrogen) atoms. The molecule has 2 atom stereocenters. The number of anilines is 1. The van der Waals surface area contributed by atoms with Crippen LogP contribution in [-0.2, 0) is 0 Å². The smallest absolute Gasteiger partial charge is 0.280 e. The standard InChI is InChI=1S/C27H33F2N7O3S/c1-27(38)15-35(2)9-4-10-36(27)23-12-17(18-11-20(24(28)29)32-14-21(18)39-3)19(13-33-23)25(37)34-26(31)40-22(30)8-7-16-5-6-16/h11-14,16,24,26,30,38H,4-6,9-10,15,31H2,1-3H3,(H,34,37). The lowest BCUT2D eigenvalue weighted by Gasteiger charge is -2.37. The minimum atomic E-state index is -2.85. The van der Waals surface area contributed by atoms with E-state index >= 15 is 0 Å². The fraction of sp³-hybridized carbons (Fsp3) is 0.481. The summed E-state index contributed by atoms with van der Waals surface area (Å²) < 4.78 is 32.7. The Morgan fingerprint density at radius 2 is 2.05 bits per heavy atom. The molecule has 1 aliphatic carbocycles. The zero-order valence-electron chi connectivity index (χ0n) is 22.6. The zero-order chi connectivity index (χ0) is 29.0. The Balaban J connectivity index is 1.72. The first-order valence-electron chi connectivity index (χ1n) is 12.8. The van der Waals surface area contributed by atoms with Crippen molar-refractivity contribution in [1.82, 2.24) is 20.2 Å². The van der Waals surface area contributed by atoms with Crippen molar-refractivity contribution in [2.45, 2.75) is 43.8 Å². The Bertz CT molecular complexity index is 1330. The Morgan fingerprint density at radius 1 is 1.30 bits per heavy atom. The van der Waals surface area contributed by atoms with Crippen molar-refractivity contribution < 1.29 is 23.4 Å². The third-order valence-electron chi connectivity index (χ3n) is 6.59. The average molecular weight is 574 g/mol. The normalized spacial score (nSPS) is 20.4. The lowest BCUT2D eigenvalue weighted by molar-refractivity contribution is 0.0340. The van der Waals surface area contributed by atoms with Gasteiger partial charge in [0.15, 0.2) is 0 Å². The van der Waals surface area contributed by atoms with Gasteiger partial charge in [0.2, 0.25) is 0 Å². The lowest BCUT2D eigenvalue weighted by atomic mass is 9.99. The van der Waals surface area contributed by atoms with Crippen molar-refractivity contribution in [1.29, 1.82) is 5.41 Å². The number of nitrogens with one attached hydrogen (secondary N) is 2. The molecule has 1 amide bonds. The van der Waals surface area contributed by atoms with Crippen LogP contribution in [0.15, 0.2) is 24.5 Å². The van der Waals surface area contributed by atoms with Crippen molar-refractivity contribution in [3.63, 3.8) is 0 Å². The Morgan fingerprint density at radius 3 is 2.73 bits per heavy atom. The molecule has 1 aliphatic heterocycles. The highest BCUT2D eigenvalue weighted by Gasteiger charge is 2.34. The van der Waals surface area contributed by atoms with Crippen molar-refractivity contribution in [2.24, 2.45) is 11.7 Å². The fourth-order valence-corrected chi connectivity index (χ4v) is 5.05. The topological polar surface area (TPSA) is 141 Å². The molecule has 1 saturated heterocycles. The molecular weight excluding hydrogens is 540 g/mol. The van der Waals surface area contributed by atoms with E-state index in [4.69, 9.17) is 15.9 Å². The van der Waals surface area contributed by atoms with E-state index in [0.29, 0.717) is 24.8 Å². The monoisotopic (exact) mass is 573 g/mol. The number of aromatic nitrogens is 2. The van der Waals surface area contributed by atoms with Gasteiger partial charge in [0.05, 0.1) is 18.9 Å². The average Bonchev–Trinajstić information content (AvgIpc) is 3.74. The van der Waals surface area contributed by atoms with Gasteiger partial charge in [-0.2, -0.15) is 0 Å². The molecule has 4 rings (SSSR count). The highest BCUT2D eigenvalue weighted by molar-refractivity contribution is 8.14. The number of aliphatic hydroxyl groups is 1. The number of amides is 1. The van der Waals surface area contributed by atoms with Crippen LogP contribution in [-0.4, -0.2) is 75.9 Å². The Kier molecular flexibility index (Phi) is 9.25. The maximum absolute atomic E-state index is 13.6. The summed E-state index contributed by atoms with van der Waals surface area (Å²) in [6.07, 6.45) is 2.45. The van der Waals surface area contributed by atoms with Gasteiger partial charge in [0, 0.05) is 36.3 Å². The summed E-state index contributed by atoms with van der Waals surface area (Å²) in [6, 6.07) is 2.75. The number of ether oxygens (including phenoxy) is 1. The van der Waals surface area contributed by atoms with Crippen LogP contribution >= 0.6 is 11.8 Å². The molecule has 0 radical (unpaired) electrons. The van der Waals surface area contributed by atoms with Crippen molar-refractivity contribution >= 4 is 28.5 Å². The summed E-state index contributed by atoms with van der Waals surface area (Å²) in [6.45, 7) is 3.28. The third-order valence-corrected chi connectivity index (χ3v) is 7.30. The molecule has 0 bridgehead atoms. The van der Waals surface area contributed by atoms with E-state index in [1.165, 1.54) is 25.6 Å². The number of carbonyl (C=O) groups is 1. The molecule has 3 heterocycles. The van der Waals surface area contributed by atoms with Crippen LogP contribution in [0, 0.1) is 23.2 Å². The molecule has 1 saturated carbocycles. The fourth-order valence-electron chi connectivity index (χ4n) is 4.51. The third kappa shape index (κ3) is 7.25. The second kappa shape index (κ2) is 12.5. The highest BCUT2D eigenvalue weighted by atomic mass is 32.2. The van der Waals surface area contributed by atoms with Gasteiger partial charge >= 0.3 is 0 Å². The molecule has 214 valence electrons. The first-order chi connectivity index (χ1) is 19.0. The van der Waals surface area contributed by atoms with Crippen LogP contribution in [0.1, 0.15) is 48.7 Å². The van der Waals surface area contributed by atoms with Crippen molar-refractivity contribution in [3.8, 4) is 28.7 Å². The second-order valence-electron chi connectivity index (χ2n) is 10.0. The molecule has 0 spiro atoms. The van der Waals surface area contributed by atoms with Gasteiger partial charge in [0.1, 0.15) is 33.5 Å². The predicted octanol–water partition coefficient (Wildman–Crippen LogP) is 3.04. The van der Waals surface area contributed by atoms with Crippen LogP contribution in [0.4, 0.5) is 14.6 Å². The predicted molar refractivity (Wildman–Crippen MR) is 150 cm³/mol. The number of alkyl halides is 2. The number of β-amino-alcohol motifs (C(OH)–C–C–N with tert-alkyl or cyclic N) is 1. The number of halogens is 2. The van der Waals surface area contributed by atoms with Crippen LogP contribution in [0.25, 0.3) is 11.1 Å². The zero-order valence-corrected chi connectivity index (χ0v) is 23.4. The molecule has 2 aromatic rings. The number of hydrogen-bond acceptors (Lipinski definition) is 10. The van der Waals surface area contributed by atoms with E-state index in [9.17, 15) is 18.7 Å². The van der Waals surface area contributed by atoms with Gasteiger partial charge in [-0.1, -0.05) is 17.7 Å². The van der Waals surface area contributed by atoms with E-state index < -0.39 is 29.2 Å². The Labute approximate surface area is 236 Å². The summed E-state index contributed by atoms with van der Waals surface area (Å²) in [5, 5.41) is 21.9. The molecule has 2 aliphatic rings. The molecule has 2 fully saturated rings. The highest BCUT2D eigenvalue weighted by Crippen LogP contribution is 2.37. The van der Waals surface area contributed by atoms with Crippen LogP contribution < -0.4 is 20.7 Å². The summed E-state index contributed by atoms with van der Waals surface area (Å²) in [5.41, 5.74) is 3.82. The summed E-state index contributed by atoms with van der Waals surface area (Å²) in [4.78, 5) is 25.4. The number of methoxy groups -OCH3 is 1. The minimum Gasteiger partial charge on any atom is -0.494 e. The first-order valence-corrected chi connectivity index (χ1v) is 13.7. The number of rotatable bonds is 7. The quantitative estimate of drug-likeness (QED) is 0.170. The largest absolute Gasteiger partial charge is 0.494 e. The van der Waals surface area contributed by atoms with Gasteiger partial charge in [-0.3, -0.25) is 15.2 Å². The van der Waals surface area contributed by atoms with Crippen LogP contribution in [0.5, 0.6) is 5.75 Å². The maximum atomic E-state index is 13.6. The molecule has 10 nitrogen and oxygen atoms in total. The number of carbonyl (C=O) groups excluding carboxylic acids is 1. The molecule has 2 aromatic heterocycles. The van der Waals surface area contributed by atoms with Crippen molar-refractivity contribution in [2.75, 3.05) is 38.7 Å². The lowest BCUT2D eigenvalue weighted by Crippen LogP contribution is -2.51. The molecule has 0 aromatic carbocycles. The number of nitrogens with two attached hydrogens (primary N) is 1. The van der Waals surface area contributed by atoms with E-state index in [2.05, 4.69) is 27.1 Å². The minimum absolute atomic E-state index is 0.0270. The maximum Gasteiger partial charge on any atom is 0.280 e. The van der Waals surface area contributed by atoms with E-state index in [-0.39, 0.29) is 27.5 Å². The number of hydrogen-bond donors (Lipinski definition) is 4. The molecular formula is C27H33F2N7O3S. The van der Waals surface area contributed by atoms with Crippen LogP contribution in [0.3, 0.4) is 0 Å². The van der Waals surface area contributed by atoms with Gasteiger partial charge in [-0.25, -0.2) is 13.8 Å². The van der Waals surface area contributed by atoms with Gasteiger partial charge in [-0.15, -0.1) is 0 Å². The van der Waals surface area contributed by atoms with Gasteiger partial charge < -0.3 is 30.7 Å². The summed E-state index contributed by atoms with van der Waals surface area (Å²) >= 11 is 0.891. The second-order valence-corrected chi connectivity index (χ2v) is 11.2. The number of likely N-dealkylation sites (N-methyl/N-ethyl adjacent to an activating group) is 1. The van der Waals surface area contributed by atoms with E-state index in [1.807, 2.05) is 11.9 Å². The number of nitrogens with zero attached hydrogens (tertiary/aromatic N) is 4. The van der Waals surface area contributed by atoms with E-state index in [0.717, 1.165) is 37.6 Å². The van der Waals surface area contributed by atoms with Crippen molar-refractivity contribution in [3.05, 3.63) is 35.8 Å². The van der Waals surface area contributed by atoms with Gasteiger partial charge in [-0.05, 0) is 57.8 Å².